The summed E-state index contributed by atoms with van der Waals surface area (Å²) in [6, 6.07) is 2.06. The minimum absolute atomic E-state index is 0.181. The van der Waals surface area contributed by atoms with Gasteiger partial charge in [-0.2, -0.15) is 0 Å². The number of aromatic nitrogens is 1. The Morgan fingerprint density at radius 2 is 2.11 bits per heavy atom. The molecule has 0 fully saturated rings. The van der Waals surface area contributed by atoms with E-state index < -0.39 is 0 Å². The van der Waals surface area contributed by atoms with Gasteiger partial charge in [-0.05, 0) is 13.0 Å². The second-order valence-corrected chi connectivity index (χ2v) is 5.09. The number of nitrogens with zero attached hydrogens (tertiary/aromatic N) is 2. The van der Waals surface area contributed by atoms with Gasteiger partial charge in [-0.25, -0.2) is 9.37 Å². The zero-order valence-corrected chi connectivity index (χ0v) is 12.4. The first-order valence-electron chi connectivity index (χ1n) is 6.55. The molecule has 108 valence electrons. The summed E-state index contributed by atoms with van der Waals surface area (Å²) in [5.74, 6) is 0.483. The molecule has 0 radical (unpaired) electrons. The van der Waals surface area contributed by atoms with Crippen LogP contribution in [-0.4, -0.2) is 37.8 Å². The molecule has 0 saturated carbocycles. The number of hydrogen-bond acceptors (Lipinski definition) is 4. The molecule has 4 nitrogen and oxygen atoms in total. The Bertz CT molecular complexity index is 398. The molecule has 0 spiro atoms. The molecule has 19 heavy (non-hydrogen) atoms. The third kappa shape index (κ3) is 4.76. The van der Waals surface area contributed by atoms with Gasteiger partial charge < -0.3 is 15.0 Å². The van der Waals surface area contributed by atoms with E-state index in [1.807, 2.05) is 18.9 Å². The summed E-state index contributed by atoms with van der Waals surface area (Å²) in [6.07, 6.45) is 1.25. The van der Waals surface area contributed by atoms with Crippen molar-refractivity contribution in [3.05, 3.63) is 23.6 Å². The number of anilines is 1. The van der Waals surface area contributed by atoms with Crippen LogP contribution in [0.2, 0.25) is 0 Å². The molecule has 0 aromatic carbocycles. The van der Waals surface area contributed by atoms with E-state index in [1.54, 1.807) is 7.11 Å². The second kappa shape index (κ2) is 7.40. The van der Waals surface area contributed by atoms with Gasteiger partial charge in [0.25, 0.3) is 0 Å². The van der Waals surface area contributed by atoms with E-state index in [-0.39, 0.29) is 11.9 Å². The summed E-state index contributed by atoms with van der Waals surface area (Å²) >= 11 is 0. The van der Waals surface area contributed by atoms with Crippen LogP contribution in [0.15, 0.2) is 12.3 Å². The fourth-order valence-electron chi connectivity index (χ4n) is 1.80. The monoisotopic (exact) mass is 269 g/mol. The highest BCUT2D eigenvalue weighted by atomic mass is 19.1. The molecule has 1 unspecified atom stereocenters. The lowest BCUT2D eigenvalue weighted by Gasteiger charge is -2.27. The van der Waals surface area contributed by atoms with Gasteiger partial charge in [0.2, 0.25) is 0 Å². The van der Waals surface area contributed by atoms with Crippen LogP contribution >= 0.6 is 0 Å². The van der Waals surface area contributed by atoms with E-state index in [9.17, 15) is 4.39 Å². The van der Waals surface area contributed by atoms with E-state index in [0.29, 0.717) is 19.2 Å². The number of nitrogens with one attached hydrogen (secondary N) is 1. The number of hydrogen-bond donors (Lipinski definition) is 1. The van der Waals surface area contributed by atoms with Crippen molar-refractivity contribution >= 4 is 5.82 Å². The molecule has 1 aromatic rings. The molecule has 0 saturated heterocycles. The predicted molar refractivity (Wildman–Crippen MR) is 75.9 cm³/mol. The lowest BCUT2D eigenvalue weighted by molar-refractivity contribution is 0.183. The van der Waals surface area contributed by atoms with Crippen molar-refractivity contribution in [3.63, 3.8) is 0 Å². The minimum atomic E-state index is -0.308. The molecule has 1 rings (SSSR count). The van der Waals surface area contributed by atoms with Crippen molar-refractivity contribution in [1.29, 1.82) is 0 Å². The molecule has 0 aliphatic rings. The Labute approximate surface area is 115 Å². The van der Waals surface area contributed by atoms with Crippen LogP contribution in [0.4, 0.5) is 10.2 Å². The minimum Gasteiger partial charge on any atom is -0.383 e. The van der Waals surface area contributed by atoms with Crippen LogP contribution in [0.25, 0.3) is 0 Å². The number of likely N-dealkylation sites (N-methyl/N-ethyl adjacent to an activating group) is 1. The Balaban J connectivity index is 2.91. The molecule has 1 atom stereocenters. The van der Waals surface area contributed by atoms with E-state index in [2.05, 4.69) is 24.1 Å². The van der Waals surface area contributed by atoms with Gasteiger partial charge in [0.15, 0.2) is 0 Å². The predicted octanol–water partition coefficient (Wildman–Crippen LogP) is 2.19. The Kier molecular flexibility index (Phi) is 6.18. The van der Waals surface area contributed by atoms with Crippen molar-refractivity contribution in [2.24, 2.45) is 0 Å². The molecule has 0 aliphatic heterocycles. The largest absolute Gasteiger partial charge is 0.383 e. The van der Waals surface area contributed by atoms with Gasteiger partial charge in [-0.1, -0.05) is 13.8 Å². The standard InChI is InChI=1S/C14H24FN3O/c1-10(2)16-7-12-6-13(15)8-17-14(12)18(4)11(3)9-19-5/h6,8,10-11,16H,7,9H2,1-5H3. The van der Waals surface area contributed by atoms with Crippen molar-refractivity contribution in [3.8, 4) is 0 Å². The summed E-state index contributed by atoms with van der Waals surface area (Å²) in [5, 5.41) is 3.29. The molecule has 1 N–H and O–H groups in total. The van der Waals surface area contributed by atoms with Crippen LogP contribution < -0.4 is 10.2 Å². The highest BCUT2D eigenvalue weighted by Crippen LogP contribution is 2.19. The smallest absolute Gasteiger partial charge is 0.141 e. The first-order valence-corrected chi connectivity index (χ1v) is 6.55. The molecule has 1 heterocycles. The number of halogens is 1. The van der Waals surface area contributed by atoms with Gasteiger partial charge >= 0.3 is 0 Å². The molecule has 0 amide bonds. The maximum atomic E-state index is 13.4. The first kappa shape index (κ1) is 15.9. The summed E-state index contributed by atoms with van der Waals surface area (Å²) in [6.45, 7) is 7.37. The third-order valence-electron chi connectivity index (χ3n) is 3.01. The maximum Gasteiger partial charge on any atom is 0.141 e. The molecular weight excluding hydrogens is 245 g/mol. The lowest BCUT2D eigenvalue weighted by atomic mass is 10.2. The van der Waals surface area contributed by atoms with Crippen molar-refractivity contribution in [2.75, 3.05) is 25.7 Å². The maximum absolute atomic E-state index is 13.4. The fraction of sp³-hybridized carbons (Fsp3) is 0.643. The number of pyridine rings is 1. The highest BCUT2D eigenvalue weighted by molar-refractivity contribution is 5.47. The summed E-state index contributed by atoms with van der Waals surface area (Å²) in [7, 11) is 3.62. The summed E-state index contributed by atoms with van der Waals surface area (Å²) in [5.41, 5.74) is 0.860. The molecule has 0 bridgehead atoms. The van der Waals surface area contributed by atoms with Crippen molar-refractivity contribution in [1.82, 2.24) is 10.3 Å². The average Bonchev–Trinajstić information content (AvgIpc) is 2.36. The van der Waals surface area contributed by atoms with Crippen LogP contribution in [0.3, 0.4) is 0 Å². The molecule has 5 heteroatoms. The third-order valence-corrected chi connectivity index (χ3v) is 3.01. The van der Waals surface area contributed by atoms with Crippen LogP contribution in [0.5, 0.6) is 0 Å². The van der Waals surface area contributed by atoms with Gasteiger partial charge in [0, 0.05) is 32.3 Å². The SMILES string of the molecule is COCC(C)N(C)c1ncc(F)cc1CNC(C)C. The van der Waals surface area contributed by atoms with Gasteiger partial charge in [-0.3, -0.25) is 0 Å². The van der Waals surface area contributed by atoms with E-state index in [0.717, 1.165) is 11.4 Å². The van der Waals surface area contributed by atoms with Gasteiger partial charge in [0.05, 0.1) is 18.8 Å². The van der Waals surface area contributed by atoms with E-state index in [4.69, 9.17) is 4.74 Å². The topological polar surface area (TPSA) is 37.4 Å². The Hall–Kier alpha value is -1.20. The highest BCUT2D eigenvalue weighted by Gasteiger charge is 2.15. The average molecular weight is 269 g/mol. The zero-order chi connectivity index (χ0) is 14.4. The van der Waals surface area contributed by atoms with Crippen molar-refractivity contribution < 1.29 is 9.13 Å². The van der Waals surface area contributed by atoms with Gasteiger partial charge in [0.1, 0.15) is 11.6 Å². The molecule has 0 aliphatic carbocycles. The lowest BCUT2D eigenvalue weighted by Crippen LogP contribution is -2.34. The number of methoxy groups -OCH3 is 1. The normalized spacial score (nSPS) is 12.8. The van der Waals surface area contributed by atoms with Crippen LogP contribution in [-0.2, 0) is 11.3 Å². The number of ether oxygens (including phenoxy) is 1. The second-order valence-electron chi connectivity index (χ2n) is 5.09. The quantitative estimate of drug-likeness (QED) is 0.823. The van der Waals surface area contributed by atoms with Gasteiger partial charge in [-0.15, -0.1) is 0 Å². The van der Waals surface area contributed by atoms with E-state index >= 15 is 0 Å². The molecule has 1 aromatic heterocycles. The van der Waals surface area contributed by atoms with Crippen molar-refractivity contribution in [2.45, 2.75) is 39.4 Å². The first-order chi connectivity index (χ1) is 8.95. The Morgan fingerprint density at radius 3 is 2.68 bits per heavy atom. The molecular formula is C14H24FN3O. The van der Waals surface area contributed by atoms with E-state index in [1.165, 1.54) is 12.3 Å². The van der Waals surface area contributed by atoms with Crippen LogP contribution in [0, 0.1) is 5.82 Å². The van der Waals surface area contributed by atoms with Crippen LogP contribution in [0.1, 0.15) is 26.3 Å². The fourth-order valence-corrected chi connectivity index (χ4v) is 1.80. The Morgan fingerprint density at radius 1 is 1.42 bits per heavy atom. The zero-order valence-electron chi connectivity index (χ0n) is 12.4. The summed E-state index contributed by atoms with van der Waals surface area (Å²) in [4.78, 5) is 6.23. The number of rotatable bonds is 7. The summed E-state index contributed by atoms with van der Waals surface area (Å²) < 4.78 is 18.5.